The molecule has 1 rings (SSSR count). The number of nitrogens with two attached hydrogens (primary N) is 1. The first-order valence-corrected chi connectivity index (χ1v) is 4.07. The number of ether oxygens (including phenoxy) is 1. The number of anilines is 1. The Morgan fingerprint density at radius 1 is 1.56 bits per heavy atom. The Bertz CT molecular complexity index is 409. The third kappa shape index (κ3) is 3.32. The van der Waals surface area contributed by atoms with Crippen molar-refractivity contribution >= 4 is 30.0 Å². The average molecular weight is 246 g/mol. The van der Waals surface area contributed by atoms with Crippen LogP contribution in [0.1, 0.15) is 10.4 Å². The fraction of sp³-hybridized carbons (Fsp3) is 0.111. The molecule has 0 bridgehead atoms. The minimum Gasteiger partial charge on any atom is -0.496 e. The number of rotatable bonds is 3. The molecule has 5 N–H and O–H groups in total. The van der Waals surface area contributed by atoms with E-state index in [9.17, 15) is 4.79 Å². The molecule has 0 aliphatic carbocycles. The van der Waals surface area contributed by atoms with E-state index in [2.05, 4.69) is 5.32 Å². The van der Waals surface area contributed by atoms with Crippen molar-refractivity contribution in [3.8, 4) is 5.75 Å². The molecule has 0 saturated heterocycles. The Kier molecular flexibility index (Phi) is 5.11. The number of hydrogen-bond donors (Lipinski definition) is 4. The zero-order chi connectivity index (χ0) is 11.4. The molecule has 0 heterocycles. The zero-order valence-corrected chi connectivity index (χ0v) is 9.30. The highest BCUT2D eigenvalue weighted by atomic mass is 35.5. The highest BCUT2D eigenvalue weighted by molar-refractivity contribution is 5.94. The van der Waals surface area contributed by atoms with E-state index in [1.165, 1.54) is 25.3 Å². The summed E-state index contributed by atoms with van der Waals surface area (Å²) in [6, 6.07) is 4.35. The third-order valence-electron chi connectivity index (χ3n) is 1.71. The van der Waals surface area contributed by atoms with Gasteiger partial charge >= 0.3 is 5.97 Å². The van der Waals surface area contributed by atoms with E-state index in [1.54, 1.807) is 0 Å². The summed E-state index contributed by atoms with van der Waals surface area (Å²) < 4.78 is 4.90. The van der Waals surface area contributed by atoms with Crippen LogP contribution in [-0.4, -0.2) is 24.1 Å². The van der Waals surface area contributed by atoms with Crippen LogP contribution in [-0.2, 0) is 0 Å². The highest BCUT2D eigenvalue weighted by Crippen LogP contribution is 2.22. The van der Waals surface area contributed by atoms with E-state index in [0.717, 1.165) is 0 Å². The number of carbonyl (C=O) groups is 1. The molecule has 88 valence electrons. The van der Waals surface area contributed by atoms with Crippen molar-refractivity contribution in [3.05, 3.63) is 23.8 Å². The molecule has 7 heteroatoms. The van der Waals surface area contributed by atoms with Crippen LogP contribution in [0, 0.1) is 5.41 Å². The monoisotopic (exact) mass is 245 g/mol. The maximum Gasteiger partial charge on any atom is 0.339 e. The summed E-state index contributed by atoms with van der Waals surface area (Å²) in [7, 11) is 1.37. The Morgan fingerprint density at radius 3 is 2.62 bits per heavy atom. The van der Waals surface area contributed by atoms with Crippen LogP contribution in [0.2, 0.25) is 0 Å². The number of hydrogen-bond acceptors (Lipinski definition) is 3. The number of aromatic carboxylic acids is 1. The topological polar surface area (TPSA) is 108 Å². The molecule has 16 heavy (non-hydrogen) atoms. The van der Waals surface area contributed by atoms with Gasteiger partial charge in [0.15, 0.2) is 5.96 Å². The van der Waals surface area contributed by atoms with Crippen LogP contribution in [0.3, 0.4) is 0 Å². The molecule has 0 fully saturated rings. The molecular weight excluding hydrogens is 234 g/mol. The second-order valence-electron chi connectivity index (χ2n) is 2.76. The second kappa shape index (κ2) is 5.82. The molecule has 6 nitrogen and oxygen atoms in total. The maximum absolute atomic E-state index is 10.7. The van der Waals surface area contributed by atoms with Crippen molar-refractivity contribution in [1.29, 1.82) is 5.41 Å². The molecule has 1 aromatic carbocycles. The maximum atomic E-state index is 10.7. The van der Waals surface area contributed by atoms with Crippen molar-refractivity contribution in [2.75, 3.05) is 12.4 Å². The van der Waals surface area contributed by atoms with E-state index < -0.39 is 5.97 Å². The van der Waals surface area contributed by atoms with E-state index in [4.69, 9.17) is 21.0 Å². The Hall–Kier alpha value is -1.95. The van der Waals surface area contributed by atoms with Crippen LogP contribution < -0.4 is 15.8 Å². The number of methoxy groups -OCH3 is 1. The SMILES string of the molecule is COc1cc(NC(=N)N)ccc1C(=O)O.Cl. The Labute approximate surface area is 98.3 Å². The lowest BCUT2D eigenvalue weighted by Gasteiger charge is -2.08. The summed E-state index contributed by atoms with van der Waals surface area (Å²) in [6.07, 6.45) is 0. The molecule has 0 amide bonds. The fourth-order valence-corrected chi connectivity index (χ4v) is 1.10. The first-order valence-electron chi connectivity index (χ1n) is 4.07. The van der Waals surface area contributed by atoms with Crippen LogP contribution in [0.4, 0.5) is 5.69 Å². The lowest BCUT2D eigenvalue weighted by molar-refractivity contribution is 0.0693. The number of carboxylic acid groups (broad SMARTS) is 1. The van der Waals surface area contributed by atoms with Crippen molar-refractivity contribution in [3.63, 3.8) is 0 Å². The van der Waals surface area contributed by atoms with E-state index in [0.29, 0.717) is 5.69 Å². The van der Waals surface area contributed by atoms with Crippen molar-refractivity contribution in [2.45, 2.75) is 0 Å². The van der Waals surface area contributed by atoms with Gasteiger partial charge in [-0.1, -0.05) is 0 Å². The first-order chi connectivity index (χ1) is 7.04. The van der Waals surface area contributed by atoms with Crippen LogP contribution in [0.25, 0.3) is 0 Å². The molecule has 0 atom stereocenters. The second-order valence-corrected chi connectivity index (χ2v) is 2.76. The average Bonchev–Trinajstić information content (AvgIpc) is 2.16. The standard InChI is InChI=1S/C9H11N3O3.ClH/c1-15-7-4-5(12-9(10)11)2-3-6(7)8(13)14;/h2-4H,1H3,(H,13,14)(H4,10,11,12);1H. The molecule has 0 aliphatic rings. The van der Waals surface area contributed by atoms with Crippen molar-refractivity contribution < 1.29 is 14.6 Å². The quantitative estimate of drug-likeness (QED) is 0.471. The Balaban J connectivity index is 0.00000225. The largest absolute Gasteiger partial charge is 0.496 e. The van der Waals surface area contributed by atoms with Gasteiger partial charge in [-0.15, -0.1) is 12.4 Å². The van der Waals surface area contributed by atoms with Gasteiger partial charge < -0.3 is 20.9 Å². The number of carboxylic acids is 1. The van der Waals surface area contributed by atoms with Gasteiger partial charge in [0.25, 0.3) is 0 Å². The molecule has 0 spiro atoms. The fourth-order valence-electron chi connectivity index (χ4n) is 1.10. The molecule has 0 aliphatic heterocycles. The van der Waals surface area contributed by atoms with E-state index >= 15 is 0 Å². The van der Waals surface area contributed by atoms with Crippen LogP contribution in [0.5, 0.6) is 5.75 Å². The van der Waals surface area contributed by atoms with Crippen LogP contribution in [0.15, 0.2) is 18.2 Å². The van der Waals surface area contributed by atoms with Gasteiger partial charge in [-0.3, -0.25) is 5.41 Å². The molecule has 0 aromatic heterocycles. The summed E-state index contributed by atoms with van der Waals surface area (Å²) in [5.41, 5.74) is 5.69. The Morgan fingerprint density at radius 2 is 2.19 bits per heavy atom. The van der Waals surface area contributed by atoms with E-state index in [-0.39, 0.29) is 29.7 Å². The predicted molar refractivity (Wildman–Crippen MR) is 62.7 cm³/mol. The van der Waals surface area contributed by atoms with Crippen LogP contribution >= 0.6 is 12.4 Å². The number of halogens is 1. The predicted octanol–water partition coefficient (Wildman–Crippen LogP) is 1.12. The normalized spacial score (nSPS) is 8.81. The highest BCUT2D eigenvalue weighted by Gasteiger charge is 2.10. The number of benzene rings is 1. The minimum atomic E-state index is -1.07. The molecule has 0 saturated carbocycles. The van der Waals surface area contributed by atoms with Gasteiger partial charge in [-0.25, -0.2) is 4.79 Å². The zero-order valence-electron chi connectivity index (χ0n) is 8.48. The number of guanidine groups is 1. The lowest BCUT2D eigenvalue weighted by atomic mass is 10.2. The van der Waals surface area contributed by atoms with Gasteiger partial charge in [0, 0.05) is 11.8 Å². The summed E-state index contributed by atoms with van der Waals surface area (Å²) >= 11 is 0. The smallest absolute Gasteiger partial charge is 0.339 e. The summed E-state index contributed by atoms with van der Waals surface area (Å²) in [6.45, 7) is 0. The third-order valence-corrected chi connectivity index (χ3v) is 1.71. The lowest BCUT2D eigenvalue weighted by Crippen LogP contribution is -2.20. The number of nitrogens with one attached hydrogen (secondary N) is 2. The van der Waals surface area contributed by atoms with Gasteiger partial charge in [-0.2, -0.15) is 0 Å². The summed E-state index contributed by atoms with van der Waals surface area (Å²) in [5.74, 6) is -1.07. The van der Waals surface area contributed by atoms with Gasteiger partial charge in [0.1, 0.15) is 11.3 Å². The van der Waals surface area contributed by atoms with E-state index in [1.807, 2.05) is 0 Å². The summed E-state index contributed by atoms with van der Waals surface area (Å²) in [5, 5.41) is 18.3. The van der Waals surface area contributed by atoms with Gasteiger partial charge in [0.05, 0.1) is 7.11 Å². The molecular formula is C9H12ClN3O3. The van der Waals surface area contributed by atoms with Crippen molar-refractivity contribution in [2.24, 2.45) is 5.73 Å². The molecule has 0 radical (unpaired) electrons. The minimum absolute atomic E-state index is 0. The molecule has 0 unspecified atom stereocenters. The van der Waals surface area contributed by atoms with Gasteiger partial charge in [-0.05, 0) is 12.1 Å². The first kappa shape index (κ1) is 14.1. The van der Waals surface area contributed by atoms with Crippen molar-refractivity contribution in [1.82, 2.24) is 0 Å². The van der Waals surface area contributed by atoms with Gasteiger partial charge in [0.2, 0.25) is 0 Å². The summed E-state index contributed by atoms with van der Waals surface area (Å²) in [4.78, 5) is 10.7. The molecule has 1 aromatic rings.